The molecule has 2 saturated heterocycles. The molecule has 2 heterocycles. The zero-order chi connectivity index (χ0) is 20.1. The normalized spacial score (nSPS) is 22.9. The summed E-state index contributed by atoms with van der Waals surface area (Å²) in [6, 6.07) is 5.94. The van der Waals surface area contributed by atoms with Crippen molar-refractivity contribution in [2.24, 2.45) is 0 Å². The Kier molecular flexibility index (Phi) is 6.95. The van der Waals surface area contributed by atoms with E-state index < -0.39 is 9.84 Å². The molecule has 156 valence electrons. The molecule has 2 aliphatic rings. The number of nitrogens with one attached hydrogen (secondary N) is 1. The zero-order valence-corrected chi connectivity index (χ0v) is 17.6. The summed E-state index contributed by atoms with van der Waals surface area (Å²) >= 11 is 0. The van der Waals surface area contributed by atoms with Crippen molar-refractivity contribution in [3.8, 4) is 5.75 Å². The lowest BCUT2D eigenvalue weighted by atomic mass is 10.1. The van der Waals surface area contributed by atoms with Crippen molar-refractivity contribution in [2.45, 2.75) is 26.3 Å². The summed E-state index contributed by atoms with van der Waals surface area (Å²) in [4.78, 5) is 16.7. The first-order chi connectivity index (χ1) is 13.3. The number of ether oxygens (including phenoxy) is 1. The van der Waals surface area contributed by atoms with Crippen molar-refractivity contribution in [1.29, 1.82) is 0 Å². The molecule has 7 nitrogen and oxygen atoms in total. The van der Waals surface area contributed by atoms with Gasteiger partial charge in [-0.05, 0) is 31.4 Å². The average molecular weight is 410 g/mol. The fraction of sp³-hybridized carbons (Fsp3) is 0.650. The van der Waals surface area contributed by atoms with E-state index in [1.54, 1.807) is 0 Å². The number of nitrogens with zero attached hydrogens (tertiary/aromatic N) is 2. The van der Waals surface area contributed by atoms with Crippen LogP contribution >= 0.6 is 0 Å². The highest BCUT2D eigenvalue weighted by molar-refractivity contribution is 7.91. The third-order valence-electron chi connectivity index (χ3n) is 5.49. The van der Waals surface area contributed by atoms with Crippen LogP contribution in [0.1, 0.15) is 17.5 Å². The quantitative estimate of drug-likeness (QED) is 0.711. The van der Waals surface area contributed by atoms with Crippen molar-refractivity contribution < 1.29 is 17.9 Å². The summed E-state index contributed by atoms with van der Waals surface area (Å²) in [5, 5.41) is 2.86. The fourth-order valence-electron chi connectivity index (χ4n) is 3.86. The van der Waals surface area contributed by atoms with Crippen LogP contribution in [-0.4, -0.2) is 87.5 Å². The lowest BCUT2D eigenvalue weighted by Crippen LogP contribution is -2.51. The molecule has 0 spiro atoms. The first-order valence-corrected chi connectivity index (χ1v) is 11.8. The average Bonchev–Trinajstić information content (AvgIpc) is 2.97. The van der Waals surface area contributed by atoms with Gasteiger partial charge in [0.2, 0.25) is 5.91 Å². The Balaban J connectivity index is 1.34. The number of hydrogen-bond donors (Lipinski definition) is 1. The number of carbonyl (C=O) groups is 1. The van der Waals surface area contributed by atoms with E-state index in [-0.39, 0.29) is 23.5 Å². The van der Waals surface area contributed by atoms with Gasteiger partial charge < -0.3 is 10.1 Å². The molecule has 2 aliphatic heterocycles. The Morgan fingerprint density at radius 2 is 1.79 bits per heavy atom. The zero-order valence-electron chi connectivity index (χ0n) is 16.8. The third kappa shape index (κ3) is 5.93. The van der Waals surface area contributed by atoms with E-state index >= 15 is 0 Å². The van der Waals surface area contributed by atoms with Crippen LogP contribution in [0.15, 0.2) is 18.2 Å². The van der Waals surface area contributed by atoms with E-state index in [4.69, 9.17) is 4.74 Å². The highest BCUT2D eigenvalue weighted by Gasteiger charge is 2.29. The SMILES string of the molecule is Cc1cccc(C)c1OCCN1CCN(CC(=O)N[C@@H]2CCS(=O)(=O)C2)CC1. The van der Waals surface area contributed by atoms with E-state index in [1.165, 1.54) is 0 Å². The number of amides is 1. The molecule has 0 saturated carbocycles. The maximum absolute atomic E-state index is 12.2. The van der Waals surface area contributed by atoms with Crippen LogP contribution in [0, 0.1) is 13.8 Å². The first kappa shape index (κ1) is 21.1. The van der Waals surface area contributed by atoms with Gasteiger partial charge in [-0.2, -0.15) is 0 Å². The maximum atomic E-state index is 12.2. The van der Waals surface area contributed by atoms with Crippen molar-refractivity contribution in [3.05, 3.63) is 29.3 Å². The van der Waals surface area contributed by atoms with Gasteiger partial charge in [-0.1, -0.05) is 18.2 Å². The largest absolute Gasteiger partial charge is 0.492 e. The van der Waals surface area contributed by atoms with Crippen LogP contribution in [-0.2, 0) is 14.6 Å². The van der Waals surface area contributed by atoms with Crippen LogP contribution < -0.4 is 10.1 Å². The number of aryl methyl sites for hydroxylation is 2. The summed E-state index contributed by atoms with van der Waals surface area (Å²) < 4.78 is 29.0. The Morgan fingerprint density at radius 3 is 2.39 bits per heavy atom. The summed E-state index contributed by atoms with van der Waals surface area (Å²) in [6.45, 7) is 9.46. The van der Waals surface area contributed by atoms with Crippen LogP contribution in [0.5, 0.6) is 5.75 Å². The molecule has 0 bridgehead atoms. The molecular weight excluding hydrogens is 378 g/mol. The van der Waals surface area contributed by atoms with E-state index in [0.717, 1.165) is 49.6 Å². The maximum Gasteiger partial charge on any atom is 0.234 e. The molecule has 1 aromatic carbocycles. The number of benzene rings is 1. The summed E-state index contributed by atoms with van der Waals surface area (Å²) in [5.74, 6) is 1.16. The number of carbonyl (C=O) groups excluding carboxylic acids is 1. The molecule has 1 amide bonds. The van der Waals surface area contributed by atoms with E-state index in [1.807, 2.05) is 6.07 Å². The fourth-order valence-corrected chi connectivity index (χ4v) is 5.53. The number of rotatable bonds is 7. The number of hydrogen-bond acceptors (Lipinski definition) is 6. The van der Waals surface area contributed by atoms with Crippen LogP contribution in [0.2, 0.25) is 0 Å². The van der Waals surface area contributed by atoms with Crippen molar-refractivity contribution >= 4 is 15.7 Å². The number of sulfone groups is 1. The molecule has 0 radical (unpaired) electrons. The Bertz CT molecular complexity index is 768. The molecule has 28 heavy (non-hydrogen) atoms. The predicted molar refractivity (Wildman–Crippen MR) is 109 cm³/mol. The van der Waals surface area contributed by atoms with Gasteiger partial charge in [0, 0.05) is 38.8 Å². The topological polar surface area (TPSA) is 79.0 Å². The van der Waals surface area contributed by atoms with Crippen molar-refractivity contribution in [1.82, 2.24) is 15.1 Å². The smallest absolute Gasteiger partial charge is 0.234 e. The molecular formula is C20H31N3O4S. The number of piperazine rings is 1. The summed E-state index contributed by atoms with van der Waals surface area (Å²) in [5.41, 5.74) is 2.32. The predicted octanol–water partition coefficient (Wildman–Crippen LogP) is 0.603. The van der Waals surface area contributed by atoms with E-state index in [0.29, 0.717) is 19.6 Å². The third-order valence-corrected chi connectivity index (χ3v) is 7.26. The minimum absolute atomic E-state index is 0.0751. The van der Waals surface area contributed by atoms with Gasteiger partial charge >= 0.3 is 0 Å². The van der Waals surface area contributed by atoms with Gasteiger partial charge in [-0.25, -0.2) is 8.42 Å². The highest BCUT2D eigenvalue weighted by atomic mass is 32.2. The molecule has 1 atom stereocenters. The molecule has 1 aromatic rings. The second-order valence-electron chi connectivity index (χ2n) is 7.85. The lowest BCUT2D eigenvalue weighted by Gasteiger charge is -2.34. The van der Waals surface area contributed by atoms with Gasteiger partial charge in [0.05, 0.1) is 18.1 Å². The number of para-hydroxylation sites is 1. The molecule has 0 unspecified atom stereocenters. The van der Waals surface area contributed by atoms with Crippen LogP contribution in [0.3, 0.4) is 0 Å². The van der Waals surface area contributed by atoms with Crippen molar-refractivity contribution in [3.63, 3.8) is 0 Å². The summed E-state index contributed by atoms with van der Waals surface area (Å²) in [7, 11) is -2.96. The van der Waals surface area contributed by atoms with Gasteiger partial charge in [0.25, 0.3) is 0 Å². The summed E-state index contributed by atoms with van der Waals surface area (Å²) in [6.07, 6.45) is 0.530. The van der Waals surface area contributed by atoms with Gasteiger partial charge in [-0.15, -0.1) is 0 Å². The minimum Gasteiger partial charge on any atom is -0.492 e. The second kappa shape index (κ2) is 9.24. The Labute approximate surface area is 167 Å². The van der Waals surface area contributed by atoms with Gasteiger partial charge in [0.15, 0.2) is 9.84 Å². The standard InChI is InChI=1S/C20H31N3O4S/c1-16-4-3-5-17(2)20(16)27-12-11-22-7-9-23(10-8-22)14-19(24)21-18-6-13-28(25,26)15-18/h3-5,18H,6-15H2,1-2H3,(H,21,24)/t18-/m1/s1. The second-order valence-corrected chi connectivity index (χ2v) is 10.1. The first-order valence-electron chi connectivity index (χ1n) is 9.96. The molecule has 3 rings (SSSR count). The molecule has 2 fully saturated rings. The Hall–Kier alpha value is -1.64. The molecule has 0 aromatic heterocycles. The Morgan fingerprint density at radius 1 is 1.14 bits per heavy atom. The van der Waals surface area contributed by atoms with Gasteiger partial charge in [0.1, 0.15) is 12.4 Å². The van der Waals surface area contributed by atoms with E-state index in [9.17, 15) is 13.2 Å². The van der Waals surface area contributed by atoms with Crippen LogP contribution in [0.25, 0.3) is 0 Å². The molecule has 8 heteroatoms. The lowest BCUT2D eigenvalue weighted by molar-refractivity contribution is -0.123. The minimum atomic E-state index is -2.96. The highest BCUT2D eigenvalue weighted by Crippen LogP contribution is 2.22. The van der Waals surface area contributed by atoms with E-state index in [2.05, 4.69) is 41.1 Å². The molecule has 1 N–H and O–H groups in total. The van der Waals surface area contributed by atoms with Crippen LogP contribution in [0.4, 0.5) is 0 Å². The van der Waals surface area contributed by atoms with Crippen molar-refractivity contribution in [2.75, 3.05) is 57.4 Å². The monoisotopic (exact) mass is 409 g/mol. The molecule has 0 aliphatic carbocycles. The van der Waals surface area contributed by atoms with Gasteiger partial charge in [-0.3, -0.25) is 14.6 Å².